The number of nitrogens with two attached hydrogens (primary N) is 1. The second kappa shape index (κ2) is 4.66. The Hall–Kier alpha value is -1.50. The zero-order valence-corrected chi connectivity index (χ0v) is 8.47. The van der Waals surface area contributed by atoms with Gasteiger partial charge in [-0.3, -0.25) is 4.79 Å². The fourth-order valence-corrected chi connectivity index (χ4v) is 1.14. The van der Waals surface area contributed by atoms with Crippen molar-refractivity contribution in [1.29, 1.82) is 0 Å². The van der Waals surface area contributed by atoms with Gasteiger partial charge in [-0.25, -0.2) is 0 Å². The lowest BCUT2D eigenvalue weighted by atomic mass is 10.2. The summed E-state index contributed by atoms with van der Waals surface area (Å²) in [6.45, 7) is 1.88. The molecule has 1 rings (SSSR count). The Bertz CT molecular complexity index is 323. The Kier molecular flexibility index (Phi) is 3.52. The van der Waals surface area contributed by atoms with Gasteiger partial charge in [0.25, 0.3) is 5.91 Å². The summed E-state index contributed by atoms with van der Waals surface area (Å²) < 4.78 is 0. The lowest BCUT2D eigenvalue weighted by Gasteiger charge is -2.13. The van der Waals surface area contributed by atoms with Gasteiger partial charge in [0.05, 0.1) is 17.2 Å². The minimum atomic E-state index is -0.335. The van der Waals surface area contributed by atoms with Crippen LogP contribution in [0.15, 0.2) is 6.20 Å². The van der Waals surface area contributed by atoms with Gasteiger partial charge in [-0.2, -0.15) is 15.4 Å². The number of H-pyrrole nitrogens is 1. The van der Waals surface area contributed by atoms with Crippen LogP contribution in [0.25, 0.3) is 0 Å². The Morgan fingerprint density at radius 1 is 1.86 bits per heavy atom. The van der Waals surface area contributed by atoms with Gasteiger partial charge in [0.1, 0.15) is 0 Å². The standard InChI is InChI=1S/C7H11N5OS/c1-2-4(6(8)14)10-7(13)5-3-9-12-11-5/h3-4H,2H2,1H3,(H2,8,14)(H,10,13)(H,9,11,12). The SMILES string of the molecule is CCC(NC(=O)c1cn[nH]n1)C(N)=S. The largest absolute Gasteiger partial charge is 0.392 e. The van der Waals surface area contributed by atoms with Gasteiger partial charge in [0.15, 0.2) is 5.69 Å². The molecule has 0 radical (unpaired) electrons. The molecule has 0 aliphatic carbocycles. The highest BCUT2D eigenvalue weighted by molar-refractivity contribution is 7.80. The van der Waals surface area contributed by atoms with Crippen LogP contribution >= 0.6 is 12.2 Å². The van der Waals surface area contributed by atoms with E-state index in [0.29, 0.717) is 6.42 Å². The van der Waals surface area contributed by atoms with Crippen LogP contribution in [0.4, 0.5) is 0 Å². The van der Waals surface area contributed by atoms with E-state index in [1.165, 1.54) is 6.20 Å². The first-order valence-corrected chi connectivity index (χ1v) is 4.52. The van der Waals surface area contributed by atoms with E-state index in [2.05, 4.69) is 20.7 Å². The van der Waals surface area contributed by atoms with Crippen LogP contribution in [0.3, 0.4) is 0 Å². The topological polar surface area (TPSA) is 96.7 Å². The summed E-state index contributed by atoms with van der Waals surface area (Å²) in [5.41, 5.74) is 5.64. The Morgan fingerprint density at radius 3 is 3.00 bits per heavy atom. The van der Waals surface area contributed by atoms with Crippen LogP contribution in [-0.4, -0.2) is 32.3 Å². The summed E-state index contributed by atoms with van der Waals surface area (Å²) in [4.78, 5) is 11.7. The summed E-state index contributed by atoms with van der Waals surface area (Å²) in [6, 6.07) is -0.297. The third-order valence-electron chi connectivity index (χ3n) is 1.70. The number of thiocarbonyl (C=S) groups is 1. The van der Waals surface area contributed by atoms with Crippen molar-refractivity contribution in [2.75, 3.05) is 0 Å². The van der Waals surface area contributed by atoms with Gasteiger partial charge >= 0.3 is 0 Å². The summed E-state index contributed by atoms with van der Waals surface area (Å²) >= 11 is 4.78. The van der Waals surface area contributed by atoms with E-state index in [-0.39, 0.29) is 22.6 Å². The second-order valence-corrected chi connectivity index (χ2v) is 3.16. The van der Waals surface area contributed by atoms with Crippen LogP contribution in [0, 0.1) is 0 Å². The molecule has 0 fully saturated rings. The van der Waals surface area contributed by atoms with E-state index >= 15 is 0 Å². The number of nitrogens with one attached hydrogen (secondary N) is 2. The smallest absolute Gasteiger partial charge is 0.274 e. The van der Waals surface area contributed by atoms with Crippen LogP contribution < -0.4 is 11.1 Å². The van der Waals surface area contributed by atoms with E-state index in [1.807, 2.05) is 6.92 Å². The first-order chi connectivity index (χ1) is 6.65. The van der Waals surface area contributed by atoms with E-state index in [1.54, 1.807) is 0 Å². The predicted octanol–water partition coefficient (Wildman–Crippen LogP) is -0.401. The maximum absolute atomic E-state index is 11.4. The molecule has 76 valence electrons. The molecule has 0 aromatic carbocycles. The van der Waals surface area contributed by atoms with E-state index in [4.69, 9.17) is 18.0 Å². The second-order valence-electron chi connectivity index (χ2n) is 2.69. The normalized spacial score (nSPS) is 12.1. The Morgan fingerprint density at radius 2 is 2.57 bits per heavy atom. The fourth-order valence-electron chi connectivity index (χ4n) is 0.918. The third kappa shape index (κ3) is 2.49. The molecular weight excluding hydrogens is 202 g/mol. The molecule has 0 spiro atoms. The highest BCUT2D eigenvalue weighted by Crippen LogP contribution is 1.95. The molecule has 1 aromatic heterocycles. The summed E-state index contributed by atoms with van der Waals surface area (Å²) in [5, 5.41) is 12.1. The zero-order valence-electron chi connectivity index (χ0n) is 7.65. The lowest BCUT2D eigenvalue weighted by Crippen LogP contribution is -2.43. The number of aromatic nitrogens is 3. The number of carbonyl (C=O) groups is 1. The van der Waals surface area contributed by atoms with E-state index in [9.17, 15) is 4.79 Å². The molecule has 7 heteroatoms. The van der Waals surface area contributed by atoms with Gasteiger partial charge in [-0.05, 0) is 6.42 Å². The molecular formula is C7H11N5OS. The lowest BCUT2D eigenvalue weighted by molar-refractivity contribution is 0.0941. The maximum atomic E-state index is 11.4. The predicted molar refractivity (Wildman–Crippen MR) is 54.7 cm³/mol. The van der Waals surface area contributed by atoms with Crippen molar-refractivity contribution in [3.63, 3.8) is 0 Å². The van der Waals surface area contributed by atoms with Gasteiger partial charge in [0, 0.05) is 0 Å². The average molecular weight is 213 g/mol. The van der Waals surface area contributed by atoms with Gasteiger partial charge < -0.3 is 11.1 Å². The monoisotopic (exact) mass is 213 g/mol. The number of amides is 1. The first kappa shape index (κ1) is 10.6. The Labute approximate surface area is 86.3 Å². The molecule has 6 nitrogen and oxygen atoms in total. The molecule has 1 unspecified atom stereocenters. The minimum Gasteiger partial charge on any atom is -0.392 e. The van der Waals surface area contributed by atoms with E-state index in [0.717, 1.165) is 0 Å². The molecule has 1 aromatic rings. The van der Waals surface area contributed by atoms with Crippen LogP contribution in [0.5, 0.6) is 0 Å². The van der Waals surface area contributed by atoms with Gasteiger partial charge in [-0.15, -0.1) is 0 Å². The van der Waals surface area contributed by atoms with E-state index < -0.39 is 0 Å². The number of hydrogen-bond acceptors (Lipinski definition) is 4. The van der Waals surface area contributed by atoms with Gasteiger partial charge in [0.2, 0.25) is 0 Å². The fraction of sp³-hybridized carbons (Fsp3) is 0.429. The summed E-state index contributed by atoms with van der Waals surface area (Å²) in [7, 11) is 0. The minimum absolute atomic E-state index is 0.222. The van der Waals surface area contributed by atoms with Crippen molar-refractivity contribution in [1.82, 2.24) is 20.7 Å². The van der Waals surface area contributed by atoms with Crippen molar-refractivity contribution in [2.45, 2.75) is 19.4 Å². The quantitative estimate of drug-likeness (QED) is 0.591. The molecule has 0 aliphatic rings. The third-order valence-corrected chi connectivity index (χ3v) is 1.99. The van der Waals surface area contributed by atoms with Crippen LogP contribution in [0.1, 0.15) is 23.8 Å². The van der Waals surface area contributed by atoms with Crippen molar-refractivity contribution in [3.8, 4) is 0 Å². The van der Waals surface area contributed by atoms with Gasteiger partial charge in [-0.1, -0.05) is 19.1 Å². The average Bonchev–Trinajstić information content (AvgIpc) is 2.65. The number of hydrogen-bond donors (Lipinski definition) is 3. The molecule has 1 amide bonds. The Balaban J connectivity index is 2.60. The van der Waals surface area contributed by atoms with Crippen molar-refractivity contribution >= 4 is 23.1 Å². The molecule has 14 heavy (non-hydrogen) atoms. The number of carbonyl (C=O) groups excluding carboxylic acids is 1. The molecule has 0 bridgehead atoms. The molecule has 0 aliphatic heterocycles. The van der Waals surface area contributed by atoms with Crippen molar-refractivity contribution < 1.29 is 4.79 Å². The maximum Gasteiger partial charge on any atom is 0.274 e. The van der Waals surface area contributed by atoms with Crippen LogP contribution in [0.2, 0.25) is 0 Å². The highest BCUT2D eigenvalue weighted by atomic mass is 32.1. The van der Waals surface area contributed by atoms with Crippen LogP contribution in [-0.2, 0) is 0 Å². The van der Waals surface area contributed by atoms with Crippen molar-refractivity contribution in [2.24, 2.45) is 5.73 Å². The molecule has 0 saturated carbocycles. The summed E-state index contributed by atoms with van der Waals surface area (Å²) in [5.74, 6) is -0.335. The first-order valence-electron chi connectivity index (χ1n) is 4.11. The highest BCUT2D eigenvalue weighted by Gasteiger charge is 2.15. The number of aromatic amines is 1. The number of nitrogens with zero attached hydrogens (tertiary/aromatic N) is 2. The number of rotatable bonds is 4. The molecule has 1 atom stereocenters. The molecule has 0 saturated heterocycles. The van der Waals surface area contributed by atoms with Crippen molar-refractivity contribution in [3.05, 3.63) is 11.9 Å². The summed E-state index contributed by atoms with van der Waals surface area (Å²) in [6.07, 6.45) is 1.99. The molecule has 4 N–H and O–H groups in total. The molecule has 1 heterocycles. The zero-order chi connectivity index (χ0) is 10.6.